The number of benzene rings is 2. The molecule has 4 nitrogen and oxygen atoms in total. The van der Waals surface area contributed by atoms with Gasteiger partial charge in [-0.1, -0.05) is 24.3 Å². The van der Waals surface area contributed by atoms with Crippen LogP contribution in [0, 0.1) is 12.7 Å². The van der Waals surface area contributed by atoms with E-state index in [0.29, 0.717) is 24.2 Å². The first-order valence-corrected chi connectivity index (χ1v) is 9.73. The number of carboxylic acid groups (broad SMARTS) is 1. The monoisotopic (exact) mass is 391 g/mol. The van der Waals surface area contributed by atoms with E-state index >= 15 is 0 Å². The van der Waals surface area contributed by atoms with Gasteiger partial charge in [-0.05, 0) is 78.1 Å². The number of rotatable bonds is 5. The summed E-state index contributed by atoms with van der Waals surface area (Å²) in [4.78, 5) is 15.5. The molecule has 4 rings (SSSR count). The summed E-state index contributed by atoms with van der Waals surface area (Å²) in [7, 11) is 0. The van der Waals surface area contributed by atoms with Crippen LogP contribution in [0.25, 0.3) is 11.1 Å². The Morgan fingerprint density at radius 3 is 2.97 bits per heavy atom. The van der Waals surface area contributed by atoms with Gasteiger partial charge >= 0.3 is 5.97 Å². The van der Waals surface area contributed by atoms with Crippen molar-refractivity contribution in [3.63, 3.8) is 0 Å². The molecule has 0 radical (unpaired) electrons. The second-order valence-corrected chi connectivity index (χ2v) is 7.38. The molecule has 1 aliphatic heterocycles. The third-order valence-electron chi connectivity index (χ3n) is 5.65. The molecule has 29 heavy (non-hydrogen) atoms. The highest BCUT2D eigenvalue weighted by molar-refractivity contribution is 5.89. The highest BCUT2D eigenvalue weighted by atomic mass is 19.1. The lowest BCUT2D eigenvalue weighted by Crippen LogP contribution is -2.15. The van der Waals surface area contributed by atoms with Gasteiger partial charge < -0.3 is 9.84 Å². The Hall–Kier alpha value is -3.21. The number of fused-ring (bicyclic) bond motifs is 1. The first kappa shape index (κ1) is 19.1. The van der Waals surface area contributed by atoms with Crippen LogP contribution in [-0.2, 0) is 6.42 Å². The van der Waals surface area contributed by atoms with Crippen molar-refractivity contribution < 1.29 is 19.0 Å². The summed E-state index contributed by atoms with van der Waals surface area (Å²) in [6, 6.07) is 12.7. The maximum atomic E-state index is 13.9. The third kappa shape index (κ3) is 3.86. The number of hydrogen-bond acceptors (Lipinski definition) is 3. The van der Waals surface area contributed by atoms with Gasteiger partial charge in [0.2, 0.25) is 0 Å². The summed E-state index contributed by atoms with van der Waals surface area (Å²) in [6.45, 7) is 2.39. The van der Waals surface area contributed by atoms with Crippen molar-refractivity contribution in [3.05, 3.63) is 82.9 Å². The molecule has 0 spiro atoms. The van der Waals surface area contributed by atoms with Gasteiger partial charge in [-0.2, -0.15) is 0 Å². The average Bonchev–Trinajstić information content (AvgIpc) is 2.74. The molecule has 0 bridgehead atoms. The van der Waals surface area contributed by atoms with E-state index in [9.17, 15) is 14.3 Å². The minimum Gasteiger partial charge on any atom is -0.493 e. The van der Waals surface area contributed by atoms with Crippen molar-refractivity contribution in [1.29, 1.82) is 0 Å². The first-order valence-electron chi connectivity index (χ1n) is 9.73. The Morgan fingerprint density at radius 1 is 1.28 bits per heavy atom. The molecule has 0 amide bonds. The SMILES string of the molecule is Cc1c(F)cccc1-c1ccc2c(c1)OCCC2CCc1cnccc1C(=O)O. The second kappa shape index (κ2) is 8.03. The Kier molecular flexibility index (Phi) is 5.30. The second-order valence-electron chi connectivity index (χ2n) is 7.38. The van der Waals surface area contributed by atoms with Crippen LogP contribution >= 0.6 is 0 Å². The van der Waals surface area contributed by atoms with E-state index in [0.717, 1.165) is 40.8 Å². The van der Waals surface area contributed by atoms with Crippen molar-refractivity contribution in [2.24, 2.45) is 0 Å². The quantitative estimate of drug-likeness (QED) is 0.633. The zero-order valence-electron chi connectivity index (χ0n) is 16.2. The van der Waals surface area contributed by atoms with Crippen molar-refractivity contribution in [3.8, 4) is 16.9 Å². The molecule has 0 aliphatic carbocycles. The van der Waals surface area contributed by atoms with Gasteiger partial charge in [0.15, 0.2) is 0 Å². The molecule has 2 heterocycles. The number of nitrogens with zero attached hydrogens (tertiary/aromatic N) is 1. The number of aromatic nitrogens is 1. The number of carbonyl (C=O) groups is 1. The summed E-state index contributed by atoms with van der Waals surface area (Å²) in [6.07, 6.45) is 5.49. The van der Waals surface area contributed by atoms with Gasteiger partial charge in [-0.15, -0.1) is 0 Å². The molecule has 1 N–H and O–H groups in total. The lowest BCUT2D eigenvalue weighted by Gasteiger charge is -2.27. The predicted octanol–water partition coefficient (Wildman–Crippen LogP) is 5.39. The van der Waals surface area contributed by atoms with Crippen molar-refractivity contribution >= 4 is 5.97 Å². The molecule has 5 heteroatoms. The molecule has 0 saturated heterocycles. The highest BCUT2D eigenvalue weighted by Crippen LogP contribution is 2.39. The van der Waals surface area contributed by atoms with Crippen LogP contribution in [0.2, 0.25) is 0 Å². The number of halogens is 1. The first-order chi connectivity index (χ1) is 14.0. The van der Waals surface area contributed by atoms with Crippen LogP contribution in [-0.4, -0.2) is 22.7 Å². The average molecular weight is 391 g/mol. The lowest BCUT2D eigenvalue weighted by atomic mass is 9.86. The summed E-state index contributed by atoms with van der Waals surface area (Å²) in [5, 5.41) is 9.37. The van der Waals surface area contributed by atoms with Crippen LogP contribution in [0.4, 0.5) is 4.39 Å². The van der Waals surface area contributed by atoms with Gasteiger partial charge in [0, 0.05) is 12.4 Å². The number of hydrogen-bond donors (Lipinski definition) is 1. The Balaban J connectivity index is 1.58. The molecule has 1 unspecified atom stereocenters. The van der Waals surface area contributed by atoms with Gasteiger partial charge in [0.25, 0.3) is 0 Å². The van der Waals surface area contributed by atoms with Crippen LogP contribution in [0.1, 0.15) is 45.8 Å². The fourth-order valence-corrected chi connectivity index (χ4v) is 4.02. The topological polar surface area (TPSA) is 59.4 Å². The van der Waals surface area contributed by atoms with Crippen molar-refractivity contribution in [2.45, 2.75) is 32.1 Å². The van der Waals surface area contributed by atoms with E-state index in [1.807, 2.05) is 18.2 Å². The van der Waals surface area contributed by atoms with Crippen molar-refractivity contribution in [1.82, 2.24) is 4.98 Å². The Bertz CT molecular complexity index is 1060. The molecule has 0 saturated carbocycles. The number of aromatic carboxylic acids is 1. The Labute approximate surface area is 169 Å². The fraction of sp³-hybridized carbons (Fsp3) is 0.250. The van der Waals surface area contributed by atoms with E-state index in [2.05, 4.69) is 11.1 Å². The molecule has 0 fully saturated rings. The molecule has 3 aromatic rings. The van der Waals surface area contributed by atoms with Crippen LogP contribution in [0.3, 0.4) is 0 Å². The maximum Gasteiger partial charge on any atom is 0.336 e. The van der Waals surface area contributed by atoms with Gasteiger partial charge in [-0.3, -0.25) is 4.98 Å². The zero-order valence-corrected chi connectivity index (χ0v) is 16.2. The van der Waals surface area contributed by atoms with Crippen molar-refractivity contribution in [2.75, 3.05) is 6.61 Å². The van der Waals surface area contributed by atoms with E-state index < -0.39 is 5.97 Å². The lowest BCUT2D eigenvalue weighted by molar-refractivity contribution is 0.0695. The molecule has 1 atom stereocenters. The number of aryl methyl sites for hydroxylation is 1. The third-order valence-corrected chi connectivity index (χ3v) is 5.65. The minimum atomic E-state index is -0.926. The Morgan fingerprint density at radius 2 is 2.14 bits per heavy atom. The van der Waals surface area contributed by atoms with E-state index in [-0.39, 0.29) is 11.7 Å². The maximum absolute atomic E-state index is 13.9. The molecule has 1 aliphatic rings. The highest BCUT2D eigenvalue weighted by Gasteiger charge is 2.23. The number of pyridine rings is 1. The van der Waals surface area contributed by atoms with E-state index in [4.69, 9.17) is 4.74 Å². The van der Waals surface area contributed by atoms with Gasteiger partial charge in [-0.25, -0.2) is 9.18 Å². The molecular formula is C24H22FNO3. The zero-order chi connectivity index (χ0) is 20.4. The molecule has 148 valence electrons. The standard InChI is InChI=1S/C24H22FNO3/c1-15-19(3-2-4-22(15)25)17-7-8-20-16(10-12-29-23(20)13-17)5-6-18-14-26-11-9-21(18)24(27)28/h2-4,7-9,11,13-14,16H,5-6,10,12H2,1H3,(H,27,28). The fourth-order valence-electron chi connectivity index (χ4n) is 4.02. The smallest absolute Gasteiger partial charge is 0.336 e. The van der Waals surface area contributed by atoms with Gasteiger partial charge in [0.05, 0.1) is 12.2 Å². The van der Waals surface area contributed by atoms with Crippen LogP contribution in [0.5, 0.6) is 5.75 Å². The molecule has 2 aromatic carbocycles. The molecular weight excluding hydrogens is 369 g/mol. The van der Waals surface area contributed by atoms with Crippen LogP contribution < -0.4 is 4.74 Å². The summed E-state index contributed by atoms with van der Waals surface area (Å²) < 4.78 is 19.8. The number of ether oxygens (including phenoxy) is 1. The van der Waals surface area contributed by atoms with E-state index in [1.165, 1.54) is 12.3 Å². The minimum absolute atomic E-state index is 0.218. The summed E-state index contributed by atoms with van der Waals surface area (Å²) in [5.41, 5.74) is 4.60. The number of carboxylic acids is 1. The van der Waals surface area contributed by atoms with Gasteiger partial charge in [0.1, 0.15) is 11.6 Å². The summed E-state index contributed by atoms with van der Waals surface area (Å²) in [5.74, 6) is -0.0371. The van der Waals surface area contributed by atoms with Crippen LogP contribution in [0.15, 0.2) is 54.9 Å². The predicted molar refractivity (Wildman–Crippen MR) is 109 cm³/mol. The summed E-state index contributed by atoms with van der Waals surface area (Å²) >= 11 is 0. The molecule has 1 aromatic heterocycles. The largest absolute Gasteiger partial charge is 0.493 e. The van der Waals surface area contributed by atoms with E-state index in [1.54, 1.807) is 25.3 Å². The normalized spacial score (nSPS) is 15.4.